The van der Waals surface area contributed by atoms with Crippen molar-refractivity contribution in [3.05, 3.63) is 137 Å². The molecule has 0 bridgehead atoms. The van der Waals surface area contributed by atoms with E-state index in [0.717, 1.165) is 4.88 Å². The zero-order valence-electron chi connectivity index (χ0n) is 22.1. The number of thiophene rings is 2. The van der Waals surface area contributed by atoms with Crippen molar-refractivity contribution in [2.24, 2.45) is 0 Å². The van der Waals surface area contributed by atoms with Gasteiger partial charge in [-0.2, -0.15) is 9.97 Å². The summed E-state index contributed by atoms with van der Waals surface area (Å²) in [4.78, 5) is 29.7. The highest BCUT2D eigenvalue weighted by atomic mass is 35.5. The van der Waals surface area contributed by atoms with Gasteiger partial charge in [0, 0.05) is 22.8 Å². The average Bonchev–Trinajstić information content (AvgIpc) is 3.75. The molecule has 2 aromatic carbocycles. The molecule has 1 atom stereocenters. The van der Waals surface area contributed by atoms with Gasteiger partial charge in [0.15, 0.2) is 0 Å². The summed E-state index contributed by atoms with van der Waals surface area (Å²) >= 11 is 27.0. The van der Waals surface area contributed by atoms with Crippen molar-refractivity contribution in [2.75, 3.05) is 0 Å². The number of carbonyl (C=O) groups excluding carboxylic acids is 1. The molecule has 6 aromatic rings. The summed E-state index contributed by atoms with van der Waals surface area (Å²) in [5.74, 6) is 0.633. The molecule has 44 heavy (non-hydrogen) atoms. The molecular weight excluding hydrogens is 686 g/mol. The van der Waals surface area contributed by atoms with Crippen LogP contribution in [0.15, 0.2) is 96.0 Å². The number of para-hydroxylation sites is 2. The number of hydrogen-bond acceptors (Lipinski definition) is 10. The van der Waals surface area contributed by atoms with Crippen molar-refractivity contribution in [1.82, 2.24) is 19.9 Å². The molecule has 0 aliphatic rings. The van der Waals surface area contributed by atoms with E-state index in [9.17, 15) is 9.90 Å². The fraction of sp³-hybridized carbons (Fsp3) is 0.0333. The highest BCUT2D eigenvalue weighted by molar-refractivity contribution is 7.12. The Kier molecular flexibility index (Phi) is 10.8. The molecule has 0 amide bonds. The van der Waals surface area contributed by atoms with Crippen LogP contribution in [-0.4, -0.2) is 30.8 Å². The number of ether oxygens (including phenoxy) is 2. The van der Waals surface area contributed by atoms with Crippen molar-refractivity contribution in [3.63, 3.8) is 0 Å². The number of rotatable bonds is 8. The lowest BCUT2D eigenvalue weighted by Crippen LogP contribution is -2.03. The number of nitrogens with zero attached hydrogens (tertiary/aromatic N) is 4. The lowest BCUT2D eigenvalue weighted by molar-refractivity contribution is 0.104. The molecule has 4 aromatic heterocycles. The van der Waals surface area contributed by atoms with Crippen LogP contribution in [0.3, 0.4) is 0 Å². The van der Waals surface area contributed by atoms with Crippen molar-refractivity contribution in [1.29, 1.82) is 0 Å². The van der Waals surface area contributed by atoms with E-state index in [1.165, 1.54) is 35.1 Å². The monoisotopic (exact) mass is 702 g/mol. The normalized spacial score (nSPS) is 11.3. The first kappa shape index (κ1) is 31.8. The quantitative estimate of drug-likeness (QED) is 0.123. The summed E-state index contributed by atoms with van der Waals surface area (Å²) in [7, 11) is 0. The molecule has 222 valence electrons. The molecule has 0 fully saturated rings. The Balaban J connectivity index is 0.000000175. The van der Waals surface area contributed by atoms with Gasteiger partial charge in [0.1, 0.15) is 27.9 Å². The highest BCUT2D eigenvalue weighted by Gasteiger charge is 2.19. The molecule has 0 aliphatic carbocycles. The maximum atomic E-state index is 12.2. The van der Waals surface area contributed by atoms with Gasteiger partial charge in [0.05, 0.1) is 20.5 Å². The lowest BCUT2D eigenvalue weighted by Gasteiger charge is -2.11. The van der Waals surface area contributed by atoms with Crippen molar-refractivity contribution >= 4 is 74.9 Å². The van der Waals surface area contributed by atoms with E-state index >= 15 is 0 Å². The van der Waals surface area contributed by atoms with Gasteiger partial charge >= 0.3 is 12.0 Å². The highest BCUT2D eigenvalue weighted by Crippen LogP contribution is 2.32. The minimum atomic E-state index is -0.859. The first-order valence-corrected chi connectivity index (χ1v) is 15.8. The number of halogens is 4. The van der Waals surface area contributed by atoms with Gasteiger partial charge in [-0.3, -0.25) is 4.79 Å². The summed E-state index contributed by atoms with van der Waals surface area (Å²) < 4.78 is 11.0. The van der Waals surface area contributed by atoms with Crippen molar-refractivity contribution < 1.29 is 19.4 Å². The molecule has 0 radical (unpaired) electrons. The first-order valence-electron chi connectivity index (χ1n) is 12.5. The van der Waals surface area contributed by atoms with Crippen LogP contribution in [0.2, 0.25) is 20.4 Å². The van der Waals surface area contributed by atoms with E-state index in [2.05, 4.69) is 19.9 Å². The third kappa shape index (κ3) is 7.91. The predicted octanol–water partition coefficient (Wildman–Crippen LogP) is 9.59. The van der Waals surface area contributed by atoms with Crippen LogP contribution in [0.4, 0.5) is 0 Å². The third-order valence-electron chi connectivity index (χ3n) is 5.64. The summed E-state index contributed by atoms with van der Waals surface area (Å²) in [5.41, 5.74) is 0.659. The minimum absolute atomic E-state index is 0.0285. The molecule has 0 aliphatic heterocycles. The number of hydrogen-bond donors (Lipinski definition) is 1. The maximum Gasteiger partial charge on any atom is 0.323 e. The van der Waals surface area contributed by atoms with E-state index in [-0.39, 0.29) is 33.7 Å². The van der Waals surface area contributed by atoms with Crippen molar-refractivity contribution in [3.8, 4) is 23.5 Å². The molecule has 4 heterocycles. The Labute approximate surface area is 279 Å². The SMILES string of the molecule is O=C(c1cccs1)c1cnc(Oc2ccccc2Cl)nc1Cl.OC(c1cccs1)c1cnc(Oc2ccccc2Cl)nc1Cl. The summed E-state index contributed by atoms with van der Waals surface area (Å²) in [6.45, 7) is 0. The van der Waals surface area contributed by atoms with E-state index < -0.39 is 6.10 Å². The van der Waals surface area contributed by atoms with Crippen LogP contribution in [0.1, 0.15) is 31.8 Å². The molecule has 1 N–H and O–H groups in total. The first-order chi connectivity index (χ1) is 21.3. The standard InChI is InChI=1S/C15H10Cl2N2O2S.C15H8Cl2N2O2S/c2*16-10-4-1-2-5-11(10)21-15-18-8-9(14(17)19-15)13(20)12-6-3-7-22-12/h1-8,13,20H;1-8H. The Morgan fingerprint density at radius 1 is 0.705 bits per heavy atom. The molecule has 0 saturated heterocycles. The smallest absolute Gasteiger partial charge is 0.323 e. The van der Waals surface area contributed by atoms with Crippen LogP contribution in [0, 0.1) is 0 Å². The third-order valence-corrected chi connectivity index (χ3v) is 8.65. The topological polar surface area (TPSA) is 107 Å². The zero-order chi connectivity index (χ0) is 31.1. The van der Waals surface area contributed by atoms with Gasteiger partial charge in [-0.15, -0.1) is 22.7 Å². The van der Waals surface area contributed by atoms with Gasteiger partial charge in [-0.25, -0.2) is 9.97 Å². The Hall–Kier alpha value is -3.61. The fourth-order valence-electron chi connectivity index (χ4n) is 3.53. The molecule has 1 unspecified atom stereocenters. The van der Waals surface area contributed by atoms with Crippen LogP contribution >= 0.6 is 69.1 Å². The molecule has 0 saturated carbocycles. The van der Waals surface area contributed by atoms with E-state index in [1.807, 2.05) is 22.9 Å². The van der Waals surface area contributed by atoms with Crippen LogP contribution in [0.25, 0.3) is 0 Å². The zero-order valence-corrected chi connectivity index (χ0v) is 26.8. The largest absolute Gasteiger partial charge is 0.423 e. The average molecular weight is 704 g/mol. The predicted molar refractivity (Wildman–Crippen MR) is 173 cm³/mol. The molecule has 6 rings (SSSR count). The van der Waals surface area contributed by atoms with Crippen LogP contribution in [0.5, 0.6) is 23.5 Å². The van der Waals surface area contributed by atoms with E-state index in [0.29, 0.717) is 32.0 Å². The number of carbonyl (C=O) groups is 1. The Bertz CT molecular complexity index is 1880. The summed E-state index contributed by atoms with van der Waals surface area (Å²) in [6.07, 6.45) is 1.94. The molecular formula is C30H18Cl4N4O4S2. The van der Waals surface area contributed by atoms with Gasteiger partial charge in [-0.05, 0) is 47.2 Å². The number of aliphatic hydroxyl groups excluding tert-OH is 1. The summed E-state index contributed by atoms with van der Waals surface area (Å²) in [6, 6.07) is 21.2. The maximum absolute atomic E-state index is 12.2. The van der Waals surface area contributed by atoms with Gasteiger partial charge < -0.3 is 14.6 Å². The second-order valence-electron chi connectivity index (χ2n) is 8.55. The fourth-order valence-corrected chi connectivity index (χ4v) is 5.71. The number of benzene rings is 2. The van der Waals surface area contributed by atoms with Gasteiger partial charge in [0.25, 0.3) is 0 Å². The molecule has 14 heteroatoms. The van der Waals surface area contributed by atoms with Crippen LogP contribution in [-0.2, 0) is 0 Å². The Morgan fingerprint density at radius 3 is 1.80 bits per heavy atom. The van der Waals surface area contributed by atoms with Gasteiger partial charge in [0.2, 0.25) is 5.78 Å². The second kappa shape index (κ2) is 14.9. The lowest BCUT2D eigenvalue weighted by atomic mass is 10.1. The van der Waals surface area contributed by atoms with Gasteiger partial charge in [-0.1, -0.05) is 82.8 Å². The molecule has 0 spiro atoms. The minimum Gasteiger partial charge on any atom is -0.423 e. The van der Waals surface area contributed by atoms with Crippen molar-refractivity contribution in [2.45, 2.75) is 6.10 Å². The number of ketones is 1. The van der Waals surface area contributed by atoms with Crippen LogP contribution < -0.4 is 9.47 Å². The van der Waals surface area contributed by atoms with E-state index in [4.69, 9.17) is 55.9 Å². The number of aromatic nitrogens is 4. The summed E-state index contributed by atoms with van der Waals surface area (Å²) in [5, 5.41) is 15.0. The molecule has 8 nitrogen and oxygen atoms in total. The van der Waals surface area contributed by atoms with E-state index in [1.54, 1.807) is 60.7 Å². The second-order valence-corrected chi connectivity index (χ2v) is 12.0. The Morgan fingerprint density at radius 2 is 1.27 bits per heavy atom. The number of aliphatic hydroxyl groups is 1.